The number of aromatic nitrogens is 1. The molecule has 1 aromatic heterocycles. The van der Waals surface area contributed by atoms with Gasteiger partial charge in [-0.2, -0.15) is 0 Å². The molecule has 1 aliphatic rings. The Morgan fingerprint density at radius 1 is 1.75 bits per heavy atom. The fourth-order valence-electron chi connectivity index (χ4n) is 1.54. The number of carbonyl (C=O) groups excluding carboxylic acids is 1. The smallest absolute Gasteiger partial charge is 0.355 e. The molecule has 6 nitrogen and oxygen atoms in total. The summed E-state index contributed by atoms with van der Waals surface area (Å²) in [5.74, 6) is -1.10. The molecule has 0 aromatic carbocycles. The zero-order valence-corrected chi connectivity index (χ0v) is 9.45. The lowest BCUT2D eigenvalue weighted by molar-refractivity contribution is -0.122. The summed E-state index contributed by atoms with van der Waals surface area (Å²) in [4.78, 5) is 27.9. The normalized spacial score (nSPS) is 20.7. The first kappa shape index (κ1) is 10.9. The summed E-state index contributed by atoms with van der Waals surface area (Å²) in [6.07, 6.45) is 0. The third-order valence-electron chi connectivity index (χ3n) is 2.46. The fraction of sp³-hybridized carbons (Fsp3) is 0.444. The van der Waals surface area contributed by atoms with E-state index in [0.717, 1.165) is 0 Å². The van der Waals surface area contributed by atoms with Crippen LogP contribution >= 0.6 is 11.3 Å². The monoisotopic (exact) mass is 241 g/mol. The lowest BCUT2D eigenvalue weighted by Crippen LogP contribution is -2.54. The van der Waals surface area contributed by atoms with E-state index >= 15 is 0 Å². The summed E-state index contributed by atoms with van der Waals surface area (Å²) in [7, 11) is 0. The third-order valence-corrected chi connectivity index (χ3v) is 3.33. The molecule has 2 rings (SSSR count). The van der Waals surface area contributed by atoms with Crippen LogP contribution in [0.4, 0.5) is 5.13 Å². The first-order chi connectivity index (χ1) is 7.59. The van der Waals surface area contributed by atoms with Crippen molar-refractivity contribution in [3.8, 4) is 0 Å². The number of aromatic carboxylic acids is 1. The average molecular weight is 241 g/mol. The van der Waals surface area contributed by atoms with Gasteiger partial charge < -0.3 is 15.3 Å². The Labute approximate surface area is 95.9 Å². The van der Waals surface area contributed by atoms with Crippen molar-refractivity contribution in [1.82, 2.24) is 10.3 Å². The Balaban J connectivity index is 2.22. The summed E-state index contributed by atoms with van der Waals surface area (Å²) >= 11 is 1.24. The molecule has 2 heterocycles. The van der Waals surface area contributed by atoms with Gasteiger partial charge in [0.2, 0.25) is 5.91 Å². The van der Waals surface area contributed by atoms with Crippen LogP contribution in [-0.2, 0) is 4.79 Å². The largest absolute Gasteiger partial charge is 0.476 e. The molecular formula is C9H11N3O3S. The second-order valence-electron chi connectivity index (χ2n) is 3.48. The van der Waals surface area contributed by atoms with Crippen LogP contribution in [0, 0.1) is 0 Å². The van der Waals surface area contributed by atoms with Gasteiger partial charge in [0, 0.05) is 18.5 Å². The molecule has 0 spiro atoms. The zero-order valence-electron chi connectivity index (χ0n) is 8.64. The van der Waals surface area contributed by atoms with Crippen molar-refractivity contribution in [2.75, 3.05) is 18.0 Å². The van der Waals surface area contributed by atoms with E-state index in [0.29, 0.717) is 18.2 Å². The van der Waals surface area contributed by atoms with Crippen molar-refractivity contribution in [1.29, 1.82) is 0 Å². The Morgan fingerprint density at radius 3 is 3.12 bits per heavy atom. The highest BCUT2D eigenvalue weighted by atomic mass is 32.1. The average Bonchev–Trinajstić information content (AvgIpc) is 2.71. The number of anilines is 1. The van der Waals surface area contributed by atoms with Crippen molar-refractivity contribution in [3.63, 3.8) is 0 Å². The van der Waals surface area contributed by atoms with Crippen LogP contribution in [0.15, 0.2) is 5.38 Å². The van der Waals surface area contributed by atoms with Crippen LogP contribution in [0.1, 0.15) is 17.4 Å². The molecule has 1 saturated heterocycles. The highest BCUT2D eigenvalue weighted by Crippen LogP contribution is 2.23. The van der Waals surface area contributed by atoms with Crippen molar-refractivity contribution in [2.45, 2.75) is 13.0 Å². The lowest BCUT2D eigenvalue weighted by Gasteiger charge is -2.32. The molecule has 0 bridgehead atoms. The van der Waals surface area contributed by atoms with Crippen molar-refractivity contribution in [3.05, 3.63) is 11.1 Å². The number of carboxylic acid groups (broad SMARTS) is 1. The molecule has 1 unspecified atom stereocenters. The van der Waals surface area contributed by atoms with Crippen LogP contribution < -0.4 is 10.2 Å². The molecule has 1 fully saturated rings. The summed E-state index contributed by atoms with van der Waals surface area (Å²) in [5.41, 5.74) is 0.0261. The van der Waals surface area contributed by atoms with Crippen LogP contribution in [-0.4, -0.2) is 41.1 Å². The van der Waals surface area contributed by atoms with Crippen molar-refractivity contribution < 1.29 is 14.7 Å². The number of nitrogens with one attached hydrogen (secondary N) is 1. The highest BCUT2D eigenvalue weighted by molar-refractivity contribution is 7.14. The minimum atomic E-state index is -1.04. The summed E-state index contributed by atoms with van der Waals surface area (Å²) in [5, 5.41) is 13.6. The van der Waals surface area contributed by atoms with E-state index in [4.69, 9.17) is 5.11 Å². The molecule has 16 heavy (non-hydrogen) atoms. The summed E-state index contributed by atoms with van der Waals surface area (Å²) < 4.78 is 0. The lowest BCUT2D eigenvalue weighted by atomic mass is 10.2. The second-order valence-corrected chi connectivity index (χ2v) is 4.32. The van der Waals surface area contributed by atoms with E-state index < -0.39 is 5.97 Å². The maximum atomic E-state index is 11.4. The zero-order chi connectivity index (χ0) is 11.7. The van der Waals surface area contributed by atoms with E-state index in [9.17, 15) is 9.59 Å². The first-order valence-corrected chi connectivity index (χ1v) is 5.70. The molecule has 1 aromatic rings. The van der Waals surface area contributed by atoms with Crippen LogP contribution in [0.2, 0.25) is 0 Å². The van der Waals surface area contributed by atoms with Crippen LogP contribution in [0.3, 0.4) is 0 Å². The van der Waals surface area contributed by atoms with Crippen molar-refractivity contribution in [2.24, 2.45) is 0 Å². The Bertz CT molecular complexity index is 431. The molecule has 1 amide bonds. The first-order valence-electron chi connectivity index (χ1n) is 4.83. The van der Waals surface area contributed by atoms with Gasteiger partial charge in [-0.15, -0.1) is 11.3 Å². The molecular weight excluding hydrogens is 230 g/mol. The quantitative estimate of drug-likeness (QED) is 0.771. The minimum Gasteiger partial charge on any atom is -0.476 e. The van der Waals surface area contributed by atoms with E-state index in [2.05, 4.69) is 10.3 Å². The molecule has 86 valence electrons. The second kappa shape index (κ2) is 4.09. The maximum absolute atomic E-state index is 11.4. The van der Waals surface area contributed by atoms with E-state index in [1.807, 2.05) is 4.90 Å². The standard InChI is InChI=1S/C9H11N3O3S/c1-5-7(13)10-2-3-12(5)9-11-6(4-16-9)8(14)15/h4-5H,2-3H2,1H3,(H,10,13)(H,14,15). The number of rotatable bonds is 2. The van der Waals surface area contributed by atoms with Crippen molar-refractivity contribution >= 4 is 28.3 Å². The minimum absolute atomic E-state index is 0.0261. The van der Waals surface area contributed by atoms with Gasteiger partial charge in [0.25, 0.3) is 0 Å². The summed E-state index contributed by atoms with van der Waals surface area (Å²) in [6, 6.07) is -0.304. The number of piperazine rings is 1. The predicted molar refractivity (Wildman–Crippen MR) is 58.9 cm³/mol. The van der Waals surface area contributed by atoms with E-state index in [1.54, 1.807) is 6.92 Å². The number of nitrogens with zero attached hydrogens (tertiary/aromatic N) is 2. The molecule has 1 atom stereocenters. The van der Waals surface area contributed by atoms with E-state index in [1.165, 1.54) is 16.7 Å². The number of hydrogen-bond donors (Lipinski definition) is 2. The third kappa shape index (κ3) is 1.85. The molecule has 7 heteroatoms. The predicted octanol–water partition coefficient (Wildman–Crippen LogP) is 0.166. The van der Waals surface area contributed by atoms with Gasteiger partial charge in [0.1, 0.15) is 6.04 Å². The number of hydrogen-bond acceptors (Lipinski definition) is 5. The fourth-order valence-corrected chi connectivity index (χ4v) is 2.44. The van der Waals surface area contributed by atoms with Crippen LogP contribution in [0.25, 0.3) is 0 Å². The Morgan fingerprint density at radius 2 is 2.50 bits per heavy atom. The van der Waals surface area contributed by atoms with Gasteiger partial charge in [-0.05, 0) is 6.92 Å². The number of thiazole rings is 1. The maximum Gasteiger partial charge on any atom is 0.355 e. The summed E-state index contributed by atoms with van der Waals surface area (Å²) in [6.45, 7) is 2.99. The molecule has 1 aliphatic heterocycles. The molecule has 2 N–H and O–H groups in total. The topological polar surface area (TPSA) is 82.5 Å². The van der Waals surface area contributed by atoms with Crippen LogP contribution in [0.5, 0.6) is 0 Å². The van der Waals surface area contributed by atoms with Gasteiger partial charge in [-0.1, -0.05) is 0 Å². The number of carbonyl (C=O) groups is 2. The Kier molecular flexibility index (Phi) is 2.78. The van der Waals surface area contributed by atoms with Gasteiger partial charge in [-0.25, -0.2) is 9.78 Å². The highest BCUT2D eigenvalue weighted by Gasteiger charge is 2.27. The number of carboxylic acids is 1. The molecule has 0 saturated carbocycles. The van der Waals surface area contributed by atoms with Gasteiger partial charge in [-0.3, -0.25) is 4.79 Å². The van der Waals surface area contributed by atoms with E-state index in [-0.39, 0.29) is 17.6 Å². The Hall–Kier alpha value is -1.63. The number of amides is 1. The SMILES string of the molecule is CC1C(=O)NCCN1c1nc(C(=O)O)cs1. The molecule has 0 aliphatic carbocycles. The van der Waals surface area contributed by atoms with Gasteiger partial charge >= 0.3 is 5.97 Å². The van der Waals surface area contributed by atoms with Gasteiger partial charge in [0.15, 0.2) is 10.8 Å². The van der Waals surface area contributed by atoms with Gasteiger partial charge in [0.05, 0.1) is 0 Å². The molecule has 0 radical (unpaired) electrons.